The zero-order chi connectivity index (χ0) is 14.1. The molecule has 1 amide bonds. The van der Waals surface area contributed by atoms with E-state index in [4.69, 9.17) is 0 Å². The SMILES string of the molecule is CC(=O)SC1CC(=O)N(Cc2c[nH]c3ccccc23)C1. The lowest BCUT2D eigenvalue weighted by atomic mass is 10.1. The van der Waals surface area contributed by atoms with E-state index in [1.54, 1.807) is 6.92 Å². The number of benzene rings is 1. The highest BCUT2D eigenvalue weighted by molar-refractivity contribution is 8.14. The van der Waals surface area contributed by atoms with Crippen LogP contribution in [0.4, 0.5) is 0 Å². The number of para-hydroxylation sites is 1. The van der Waals surface area contributed by atoms with Crippen molar-refractivity contribution in [2.75, 3.05) is 6.54 Å². The van der Waals surface area contributed by atoms with Gasteiger partial charge in [0, 0.05) is 48.8 Å². The van der Waals surface area contributed by atoms with E-state index in [-0.39, 0.29) is 16.3 Å². The normalized spacial score (nSPS) is 18.9. The second-order valence-electron chi connectivity index (χ2n) is 5.07. The number of hydrogen-bond donors (Lipinski definition) is 1. The summed E-state index contributed by atoms with van der Waals surface area (Å²) in [6.45, 7) is 2.82. The molecule has 0 aliphatic carbocycles. The van der Waals surface area contributed by atoms with Crippen LogP contribution in [0.15, 0.2) is 30.5 Å². The molecular weight excluding hydrogens is 272 g/mol. The van der Waals surface area contributed by atoms with Crippen molar-refractivity contribution >= 4 is 33.7 Å². The third kappa shape index (κ3) is 2.58. The van der Waals surface area contributed by atoms with E-state index in [0.29, 0.717) is 19.5 Å². The highest BCUT2D eigenvalue weighted by Crippen LogP contribution is 2.27. The van der Waals surface area contributed by atoms with Crippen LogP contribution >= 0.6 is 11.8 Å². The molecule has 1 atom stereocenters. The number of aromatic nitrogens is 1. The summed E-state index contributed by atoms with van der Waals surface area (Å²) in [6.07, 6.45) is 2.43. The molecule has 0 spiro atoms. The first-order valence-electron chi connectivity index (χ1n) is 6.63. The Morgan fingerprint density at radius 2 is 2.25 bits per heavy atom. The standard InChI is InChI=1S/C15H16N2O2S/c1-10(18)20-12-6-15(19)17(9-12)8-11-7-16-14-5-3-2-4-13(11)14/h2-5,7,12,16H,6,8-9H2,1H3. The molecule has 0 bridgehead atoms. The number of carbonyl (C=O) groups excluding carboxylic acids is 2. The molecule has 0 radical (unpaired) electrons. The highest BCUT2D eigenvalue weighted by Gasteiger charge is 2.31. The predicted octanol–water partition coefficient (Wildman–Crippen LogP) is 2.55. The minimum atomic E-state index is 0.0803. The number of H-pyrrole nitrogens is 1. The molecule has 1 unspecified atom stereocenters. The molecule has 20 heavy (non-hydrogen) atoms. The molecule has 1 aliphatic rings. The minimum Gasteiger partial charge on any atom is -0.361 e. The Morgan fingerprint density at radius 1 is 1.45 bits per heavy atom. The van der Waals surface area contributed by atoms with E-state index in [1.807, 2.05) is 29.3 Å². The fraction of sp³-hybridized carbons (Fsp3) is 0.333. The predicted molar refractivity (Wildman–Crippen MR) is 80.4 cm³/mol. The molecule has 1 saturated heterocycles. The molecular formula is C15H16N2O2S. The van der Waals surface area contributed by atoms with Crippen LogP contribution in [0, 0.1) is 0 Å². The number of amides is 1. The number of likely N-dealkylation sites (tertiary alicyclic amines) is 1. The van der Waals surface area contributed by atoms with Crippen LogP contribution in [0.3, 0.4) is 0 Å². The number of aromatic amines is 1. The van der Waals surface area contributed by atoms with Crippen LogP contribution in [0.2, 0.25) is 0 Å². The fourth-order valence-electron chi connectivity index (χ4n) is 2.67. The van der Waals surface area contributed by atoms with Gasteiger partial charge < -0.3 is 9.88 Å². The van der Waals surface area contributed by atoms with Gasteiger partial charge in [-0.05, 0) is 11.6 Å². The highest BCUT2D eigenvalue weighted by atomic mass is 32.2. The summed E-state index contributed by atoms with van der Waals surface area (Å²) in [5.41, 5.74) is 2.21. The maximum Gasteiger partial charge on any atom is 0.224 e. The van der Waals surface area contributed by atoms with Crippen LogP contribution in [0.25, 0.3) is 10.9 Å². The monoisotopic (exact) mass is 288 g/mol. The molecule has 1 fully saturated rings. The largest absolute Gasteiger partial charge is 0.361 e. The smallest absolute Gasteiger partial charge is 0.224 e. The van der Waals surface area contributed by atoms with E-state index >= 15 is 0 Å². The third-order valence-corrected chi connectivity index (χ3v) is 4.53. The Labute approximate surface area is 121 Å². The molecule has 5 heteroatoms. The Bertz CT molecular complexity index is 665. The zero-order valence-electron chi connectivity index (χ0n) is 11.3. The van der Waals surface area contributed by atoms with Crippen molar-refractivity contribution < 1.29 is 9.59 Å². The molecule has 3 rings (SSSR count). The van der Waals surface area contributed by atoms with Gasteiger partial charge in [-0.15, -0.1) is 0 Å². The van der Waals surface area contributed by atoms with Crippen LogP contribution in [0.1, 0.15) is 18.9 Å². The number of carbonyl (C=O) groups is 2. The molecule has 2 aromatic rings. The van der Waals surface area contributed by atoms with Gasteiger partial charge in [-0.25, -0.2) is 0 Å². The topological polar surface area (TPSA) is 53.2 Å². The Morgan fingerprint density at radius 3 is 3.05 bits per heavy atom. The van der Waals surface area contributed by atoms with E-state index in [0.717, 1.165) is 16.5 Å². The Kier molecular flexibility index (Phi) is 3.53. The van der Waals surface area contributed by atoms with Crippen molar-refractivity contribution in [3.63, 3.8) is 0 Å². The fourth-order valence-corrected chi connectivity index (χ4v) is 3.62. The van der Waals surface area contributed by atoms with Gasteiger partial charge in [0.25, 0.3) is 0 Å². The summed E-state index contributed by atoms with van der Waals surface area (Å²) in [5, 5.41) is 1.34. The lowest BCUT2D eigenvalue weighted by Gasteiger charge is -2.15. The second-order valence-corrected chi connectivity index (χ2v) is 6.55. The first kappa shape index (κ1) is 13.2. The summed E-state index contributed by atoms with van der Waals surface area (Å²) in [4.78, 5) is 28.2. The van der Waals surface area contributed by atoms with Gasteiger partial charge in [0.05, 0.1) is 0 Å². The molecule has 4 nitrogen and oxygen atoms in total. The molecule has 1 aromatic heterocycles. The van der Waals surface area contributed by atoms with E-state index in [2.05, 4.69) is 11.1 Å². The lowest BCUT2D eigenvalue weighted by Crippen LogP contribution is -2.24. The molecule has 1 aromatic carbocycles. The maximum atomic E-state index is 12.0. The van der Waals surface area contributed by atoms with Gasteiger partial charge in [-0.1, -0.05) is 30.0 Å². The van der Waals surface area contributed by atoms with Crippen molar-refractivity contribution in [2.24, 2.45) is 0 Å². The Hall–Kier alpha value is -1.75. The van der Waals surface area contributed by atoms with E-state index < -0.39 is 0 Å². The number of nitrogens with one attached hydrogen (secondary N) is 1. The van der Waals surface area contributed by atoms with Gasteiger partial charge >= 0.3 is 0 Å². The molecule has 0 saturated carbocycles. The van der Waals surface area contributed by atoms with Gasteiger partial charge in [0.1, 0.15) is 0 Å². The summed E-state index contributed by atoms with van der Waals surface area (Å²) >= 11 is 1.28. The second kappa shape index (κ2) is 5.32. The first-order valence-corrected chi connectivity index (χ1v) is 7.51. The van der Waals surface area contributed by atoms with Crippen LogP contribution in [0.5, 0.6) is 0 Å². The number of thioether (sulfide) groups is 1. The van der Waals surface area contributed by atoms with Gasteiger partial charge in [0.2, 0.25) is 5.91 Å². The third-order valence-electron chi connectivity index (χ3n) is 3.55. The van der Waals surface area contributed by atoms with Gasteiger partial charge in [-0.2, -0.15) is 0 Å². The van der Waals surface area contributed by atoms with Crippen molar-refractivity contribution in [1.29, 1.82) is 0 Å². The average Bonchev–Trinajstić information content (AvgIpc) is 2.95. The lowest BCUT2D eigenvalue weighted by molar-refractivity contribution is -0.128. The van der Waals surface area contributed by atoms with Gasteiger partial charge in [-0.3, -0.25) is 9.59 Å². The van der Waals surface area contributed by atoms with Crippen molar-refractivity contribution in [3.05, 3.63) is 36.0 Å². The molecule has 2 heterocycles. The van der Waals surface area contributed by atoms with Crippen molar-refractivity contribution in [1.82, 2.24) is 9.88 Å². The molecule has 1 N–H and O–H groups in total. The van der Waals surface area contributed by atoms with Crippen LogP contribution in [-0.2, 0) is 16.1 Å². The maximum absolute atomic E-state index is 12.0. The average molecular weight is 288 g/mol. The van der Waals surface area contributed by atoms with Crippen LogP contribution in [-0.4, -0.2) is 32.7 Å². The van der Waals surface area contributed by atoms with Crippen molar-refractivity contribution in [3.8, 4) is 0 Å². The number of rotatable bonds is 3. The Balaban J connectivity index is 1.75. The summed E-state index contributed by atoms with van der Waals surface area (Å²) in [6, 6.07) is 8.07. The van der Waals surface area contributed by atoms with Gasteiger partial charge in [0.15, 0.2) is 5.12 Å². The van der Waals surface area contributed by atoms with E-state index in [9.17, 15) is 9.59 Å². The number of hydrogen-bond acceptors (Lipinski definition) is 3. The summed E-state index contributed by atoms with van der Waals surface area (Å²) in [5.74, 6) is 0.133. The minimum absolute atomic E-state index is 0.0803. The molecule has 104 valence electrons. The summed E-state index contributed by atoms with van der Waals surface area (Å²) < 4.78 is 0. The molecule has 1 aliphatic heterocycles. The van der Waals surface area contributed by atoms with Crippen LogP contribution < -0.4 is 0 Å². The quantitative estimate of drug-likeness (QED) is 0.944. The zero-order valence-corrected chi connectivity index (χ0v) is 12.1. The first-order chi connectivity index (χ1) is 9.63. The van der Waals surface area contributed by atoms with Crippen molar-refractivity contribution in [2.45, 2.75) is 25.1 Å². The summed E-state index contributed by atoms with van der Waals surface area (Å²) in [7, 11) is 0. The van der Waals surface area contributed by atoms with E-state index in [1.165, 1.54) is 11.8 Å². The number of fused-ring (bicyclic) bond motifs is 1. The number of nitrogens with zero attached hydrogens (tertiary/aromatic N) is 1.